The summed E-state index contributed by atoms with van der Waals surface area (Å²) in [6.45, 7) is 0.331. The Labute approximate surface area is 134 Å². The van der Waals surface area contributed by atoms with Gasteiger partial charge in [-0.05, 0) is 0 Å². The summed E-state index contributed by atoms with van der Waals surface area (Å²) in [5, 5.41) is 40.6. The zero-order chi connectivity index (χ0) is 18.0. The van der Waals surface area contributed by atoms with Crippen molar-refractivity contribution in [2.45, 2.75) is 31.3 Å². The maximum absolute atomic E-state index is 13.3. The third-order valence-corrected chi connectivity index (χ3v) is 3.47. The summed E-state index contributed by atoms with van der Waals surface area (Å²) in [5.41, 5.74) is 0.160. The number of nitrogens with one attached hydrogen (secondary N) is 2. The van der Waals surface area contributed by atoms with E-state index in [-0.39, 0.29) is 16.9 Å². The summed E-state index contributed by atoms with van der Waals surface area (Å²) in [6, 6.07) is 0.385. The van der Waals surface area contributed by atoms with Crippen LogP contribution in [0.5, 0.6) is 0 Å². The van der Waals surface area contributed by atoms with E-state index < -0.39 is 48.5 Å². The molecule has 0 aliphatic heterocycles. The highest BCUT2D eigenvalue weighted by Gasteiger charge is 2.34. The molecule has 24 heavy (non-hydrogen) atoms. The van der Waals surface area contributed by atoms with Gasteiger partial charge < -0.3 is 30.7 Å². The van der Waals surface area contributed by atoms with E-state index in [1.807, 2.05) is 0 Å². The van der Waals surface area contributed by atoms with Crippen molar-refractivity contribution in [1.82, 2.24) is 15.3 Å². The number of aromatic nitrogens is 2. The van der Waals surface area contributed by atoms with Crippen LogP contribution in [-0.2, 0) is 4.79 Å². The molecular weight excluding hydrogens is 328 g/mol. The van der Waals surface area contributed by atoms with Gasteiger partial charge in [0.15, 0.2) is 11.6 Å². The van der Waals surface area contributed by atoms with E-state index >= 15 is 0 Å². The Morgan fingerprint density at radius 2 is 1.88 bits per heavy atom. The number of hydrogen-bond donors (Lipinski definition) is 6. The summed E-state index contributed by atoms with van der Waals surface area (Å²) in [6.07, 6.45) is -5.20. The molecule has 1 heterocycles. The minimum absolute atomic E-state index is 0.0450. The Bertz CT molecular complexity index is 700. The third-order valence-electron chi connectivity index (χ3n) is 3.47. The van der Waals surface area contributed by atoms with Gasteiger partial charge in [0.2, 0.25) is 5.91 Å². The molecule has 0 aliphatic rings. The molecule has 0 radical (unpaired) electrons. The van der Waals surface area contributed by atoms with E-state index in [0.29, 0.717) is 0 Å². The molecule has 0 saturated heterocycles. The molecular formula is C14H17F2N3O5. The average Bonchev–Trinajstić information content (AvgIpc) is 2.93. The number of hydrogen-bond acceptors (Lipinski definition) is 6. The van der Waals surface area contributed by atoms with E-state index in [4.69, 9.17) is 5.11 Å². The lowest BCUT2D eigenvalue weighted by Gasteiger charge is -2.28. The Morgan fingerprint density at radius 3 is 2.46 bits per heavy atom. The van der Waals surface area contributed by atoms with Crippen molar-refractivity contribution < 1.29 is 34.0 Å². The number of carbonyl (C=O) groups excluding carboxylic acids is 1. The first-order valence-electron chi connectivity index (χ1n) is 7.01. The highest BCUT2D eigenvalue weighted by Crippen LogP contribution is 2.23. The minimum Gasteiger partial charge on any atom is -0.394 e. The molecule has 6 N–H and O–H groups in total. The summed E-state index contributed by atoms with van der Waals surface area (Å²) in [4.78, 5) is 17.9. The van der Waals surface area contributed by atoms with Gasteiger partial charge in [0, 0.05) is 19.1 Å². The van der Waals surface area contributed by atoms with Crippen LogP contribution in [0.25, 0.3) is 11.0 Å². The maximum atomic E-state index is 13.3. The van der Waals surface area contributed by atoms with Crippen LogP contribution in [0.4, 0.5) is 8.78 Å². The fourth-order valence-electron chi connectivity index (χ4n) is 2.24. The smallest absolute Gasteiger partial charge is 0.217 e. The summed E-state index contributed by atoms with van der Waals surface area (Å²) in [5.74, 6) is -2.89. The van der Waals surface area contributed by atoms with Crippen LogP contribution in [0.3, 0.4) is 0 Å². The third kappa shape index (κ3) is 3.67. The van der Waals surface area contributed by atoms with Gasteiger partial charge >= 0.3 is 0 Å². The number of imidazole rings is 1. The van der Waals surface area contributed by atoms with Crippen LogP contribution in [0.1, 0.15) is 18.8 Å². The fraction of sp³-hybridized carbons (Fsp3) is 0.429. The van der Waals surface area contributed by atoms with Gasteiger partial charge in [-0.2, -0.15) is 0 Å². The topological polar surface area (TPSA) is 139 Å². The second kappa shape index (κ2) is 7.18. The van der Waals surface area contributed by atoms with E-state index in [1.54, 1.807) is 0 Å². The number of H-pyrrole nitrogens is 1. The van der Waals surface area contributed by atoms with Gasteiger partial charge in [-0.3, -0.25) is 4.79 Å². The number of benzene rings is 1. The molecule has 0 aliphatic carbocycles. The molecule has 8 nitrogen and oxygen atoms in total. The van der Waals surface area contributed by atoms with E-state index in [9.17, 15) is 28.9 Å². The number of aliphatic hydroxyl groups is 4. The molecule has 2 aromatic rings. The zero-order valence-corrected chi connectivity index (χ0v) is 12.6. The SMILES string of the molecule is CC(=O)N[C@H](c1nc2cc(F)c(F)cc2[nH]1)[C@@H](O)[C@@H](O)[C@H](O)CO. The second-order valence-electron chi connectivity index (χ2n) is 5.31. The normalized spacial score (nSPS) is 16.6. The van der Waals surface area contributed by atoms with Crippen molar-refractivity contribution in [3.8, 4) is 0 Å². The number of nitrogens with zero attached hydrogens (tertiary/aromatic N) is 1. The molecule has 0 saturated carbocycles. The summed E-state index contributed by atoms with van der Waals surface area (Å²) in [7, 11) is 0. The largest absolute Gasteiger partial charge is 0.394 e. The number of halogens is 2. The average molecular weight is 345 g/mol. The van der Waals surface area contributed by atoms with Gasteiger partial charge in [0.25, 0.3) is 0 Å². The van der Waals surface area contributed by atoms with Crippen LogP contribution >= 0.6 is 0 Å². The molecule has 1 amide bonds. The Hall–Kier alpha value is -2.14. The number of rotatable bonds is 6. The predicted octanol–water partition coefficient (Wildman–Crippen LogP) is -0.907. The van der Waals surface area contributed by atoms with Crippen LogP contribution < -0.4 is 5.32 Å². The van der Waals surface area contributed by atoms with Crippen LogP contribution in [0.2, 0.25) is 0 Å². The van der Waals surface area contributed by atoms with Crippen LogP contribution in [0, 0.1) is 11.6 Å². The van der Waals surface area contributed by atoms with Crippen molar-refractivity contribution >= 4 is 16.9 Å². The van der Waals surface area contributed by atoms with E-state index in [1.165, 1.54) is 0 Å². The summed E-state index contributed by atoms with van der Waals surface area (Å²) < 4.78 is 26.5. The lowest BCUT2D eigenvalue weighted by molar-refractivity contribution is -0.123. The monoisotopic (exact) mass is 345 g/mol. The van der Waals surface area contributed by atoms with Gasteiger partial charge in [0.1, 0.15) is 30.2 Å². The first kappa shape index (κ1) is 18.2. The molecule has 1 aromatic heterocycles. The lowest BCUT2D eigenvalue weighted by Crippen LogP contribution is -2.47. The Kier molecular flexibility index (Phi) is 5.44. The number of aromatic amines is 1. The van der Waals surface area contributed by atoms with E-state index in [0.717, 1.165) is 19.1 Å². The van der Waals surface area contributed by atoms with Crippen molar-refractivity contribution in [2.24, 2.45) is 0 Å². The highest BCUT2D eigenvalue weighted by molar-refractivity contribution is 5.76. The first-order valence-corrected chi connectivity index (χ1v) is 7.01. The quantitative estimate of drug-likeness (QED) is 0.401. The molecule has 0 spiro atoms. The molecule has 0 unspecified atom stereocenters. The van der Waals surface area contributed by atoms with Crippen molar-refractivity contribution in [2.75, 3.05) is 6.61 Å². The number of amides is 1. The lowest BCUT2D eigenvalue weighted by atomic mass is 10.0. The number of fused-ring (bicyclic) bond motifs is 1. The minimum atomic E-state index is -1.80. The molecule has 0 fully saturated rings. The van der Waals surface area contributed by atoms with Gasteiger partial charge in [-0.1, -0.05) is 0 Å². The van der Waals surface area contributed by atoms with Crippen molar-refractivity contribution in [1.29, 1.82) is 0 Å². The van der Waals surface area contributed by atoms with Crippen molar-refractivity contribution in [3.63, 3.8) is 0 Å². The van der Waals surface area contributed by atoms with Gasteiger partial charge in [0.05, 0.1) is 17.6 Å². The van der Waals surface area contributed by atoms with Crippen LogP contribution in [-0.4, -0.2) is 61.2 Å². The number of aliphatic hydroxyl groups excluding tert-OH is 4. The van der Waals surface area contributed by atoms with E-state index in [2.05, 4.69) is 15.3 Å². The zero-order valence-electron chi connectivity index (χ0n) is 12.6. The molecule has 4 atom stereocenters. The molecule has 2 rings (SSSR count). The Morgan fingerprint density at radius 1 is 1.25 bits per heavy atom. The second-order valence-corrected chi connectivity index (χ2v) is 5.31. The van der Waals surface area contributed by atoms with Crippen molar-refractivity contribution in [3.05, 3.63) is 29.6 Å². The summed E-state index contributed by atoms with van der Waals surface area (Å²) >= 11 is 0. The fourth-order valence-corrected chi connectivity index (χ4v) is 2.24. The maximum Gasteiger partial charge on any atom is 0.217 e. The van der Waals surface area contributed by atoms with Crippen LogP contribution in [0.15, 0.2) is 12.1 Å². The molecule has 10 heteroatoms. The van der Waals surface area contributed by atoms with Gasteiger partial charge in [-0.15, -0.1) is 0 Å². The highest BCUT2D eigenvalue weighted by atomic mass is 19.2. The Balaban J connectivity index is 2.42. The predicted molar refractivity (Wildman–Crippen MR) is 77.7 cm³/mol. The van der Waals surface area contributed by atoms with Gasteiger partial charge in [-0.25, -0.2) is 13.8 Å². The first-order chi connectivity index (χ1) is 11.2. The molecule has 0 bridgehead atoms. The standard InChI is InChI=1S/C14H17F2N3O5/c1-5(21)17-11(13(24)12(23)10(22)4-20)14-18-8-2-6(15)7(16)3-9(8)19-14/h2-3,10-13,20,22-24H,4H2,1H3,(H,17,21)(H,18,19)/t10-,11+,12+,13-/m1/s1. The molecule has 1 aromatic carbocycles. The number of carbonyl (C=O) groups is 1. The molecule has 132 valence electrons.